The van der Waals surface area contributed by atoms with Crippen molar-refractivity contribution in [2.24, 2.45) is 0 Å². The van der Waals surface area contributed by atoms with Crippen molar-refractivity contribution in [1.29, 1.82) is 5.26 Å². The molecule has 0 saturated heterocycles. The average Bonchev–Trinajstić information content (AvgIpc) is 2.49. The molecule has 0 atom stereocenters. The van der Waals surface area contributed by atoms with Crippen molar-refractivity contribution in [2.75, 3.05) is 17.2 Å². The van der Waals surface area contributed by atoms with Gasteiger partial charge in [0, 0.05) is 30.0 Å². The summed E-state index contributed by atoms with van der Waals surface area (Å²) in [4.78, 5) is 2.17. The molecule has 0 saturated carbocycles. The zero-order valence-electron chi connectivity index (χ0n) is 11.6. The van der Waals surface area contributed by atoms with E-state index in [9.17, 15) is 4.39 Å². The van der Waals surface area contributed by atoms with Gasteiger partial charge in [0.05, 0.1) is 11.6 Å². The van der Waals surface area contributed by atoms with E-state index < -0.39 is 0 Å². The van der Waals surface area contributed by atoms with E-state index in [0.717, 1.165) is 30.8 Å². The second-order valence-electron chi connectivity index (χ2n) is 5.33. The molecule has 0 aromatic heterocycles. The lowest BCUT2D eigenvalue weighted by Gasteiger charge is -2.31. The van der Waals surface area contributed by atoms with Crippen molar-refractivity contribution in [1.82, 2.24) is 0 Å². The molecular weight excluding hydrogens is 265 g/mol. The van der Waals surface area contributed by atoms with E-state index in [0.29, 0.717) is 17.7 Å². The van der Waals surface area contributed by atoms with Crippen molar-refractivity contribution >= 4 is 11.4 Å². The fourth-order valence-corrected chi connectivity index (χ4v) is 2.81. The van der Waals surface area contributed by atoms with Crippen LogP contribution in [0.25, 0.3) is 0 Å². The predicted octanol–water partition coefficient (Wildman–Crippen LogP) is 3.23. The zero-order valence-corrected chi connectivity index (χ0v) is 11.6. The van der Waals surface area contributed by atoms with E-state index in [1.54, 1.807) is 12.1 Å². The Kier molecular flexibility index (Phi) is 3.49. The molecule has 0 unspecified atom stereocenters. The molecule has 1 aliphatic heterocycles. The number of aryl methyl sites for hydroxylation is 1. The molecular formula is C17H16FN3. The van der Waals surface area contributed by atoms with Crippen LogP contribution in [0.1, 0.15) is 23.1 Å². The van der Waals surface area contributed by atoms with E-state index in [1.807, 2.05) is 24.3 Å². The maximum absolute atomic E-state index is 14.0. The maximum atomic E-state index is 14.0. The largest absolute Gasteiger partial charge is 0.399 e. The first-order chi connectivity index (χ1) is 10.2. The van der Waals surface area contributed by atoms with Gasteiger partial charge < -0.3 is 10.6 Å². The average molecular weight is 281 g/mol. The smallest absolute Gasteiger partial charge is 0.129 e. The van der Waals surface area contributed by atoms with Crippen LogP contribution in [-0.2, 0) is 13.0 Å². The van der Waals surface area contributed by atoms with Gasteiger partial charge in [0.25, 0.3) is 0 Å². The Balaban J connectivity index is 1.89. The van der Waals surface area contributed by atoms with Crippen molar-refractivity contribution in [3.8, 4) is 6.07 Å². The van der Waals surface area contributed by atoms with Gasteiger partial charge in [-0.25, -0.2) is 4.39 Å². The van der Waals surface area contributed by atoms with Crippen LogP contribution in [0.4, 0.5) is 15.8 Å². The number of nitrogen functional groups attached to an aromatic ring is 1. The Morgan fingerprint density at radius 2 is 2.10 bits per heavy atom. The Bertz CT molecular complexity index is 718. The summed E-state index contributed by atoms with van der Waals surface area (Å²) in [6.07, 6.45) is 2.04. The second-order valence-corrected chi connectivity index (χ2v) is 5.33. The summed E-state index contributed by atoms with van der Waals surface area (Å²) < 4.78 is 14.0. The molecule has 0 spiro atoms. The maximum Gasteiger partial charge on any atom is 0.129 e. The lowest BCUT2D eigenvalue weighted by Crippen LogP contribution is -2.29. The monoisotopic (exact) mass is 281 g/mol. The molecule has 3 nitrogen and oxygen atoms in total. The Hall–Kier alpha value is -2.54. The number of anilines is 2. The Morgan fingerprint density at radius 1 is 1.24 bits per heavy atom. The van der Waals surface area contributed by atoms with Crippen LogP contribution >= 0.6 is 0 Å². The summed E-state index contributed by atoms with van der Waals surface area (Å²) in [5.74, 6) is -0.323. The van der Waals surface area contributed by atoms with Crippen LogP contribution in [0, 0.1) is 17.1 Å². The van der Waals surface area contributed by atoms with Gasteiger partial charge in [-0.05, 0) is 48.7 Å². The van der Waals surface area contributed by atoms with Crippen LogP contribution in [0.3, 0.4) is 0 Å². The van der Waals surface area contributed by atoms with Gasteiger partial charge in [-0.1, -0.05) is 6.07 Å². The number of nitrogens with two attached hydrogens (primary N) is 1. The number of nitriles is 1. The van der Waals surface area contributed by atoms with Crippen LogP contribution < -0.4 is 10.6 Å². The van der Waals surface area contributed by atoms with Crippen molar-refractivity contribution < 1.29 is 4.39 Å². The van der Waals surface area contributed by atoms with Crippen LogP contribution in [0.15, 0.2) is 36.4 Å². The highest BCUT2D eigenvalue weighted by Crippen LogP contribution is 2.30. The minimum atomic E-state index is -0.323. The minimum Gasteiger partial charge on any atom is -0.399 e. The third-order valence-electron chi connectivity index (χ3n) is 3.86. The Labute approximate surface area is 123 Å². The van der Waals surface area contributed by atoms with Crippen molar-refractivity contribution in [2.45, 2.75) is 19.4 Å². The summed E-state index contributed by atoms with van der Waals surface area (Å²) in [5, 5.41) is 8.79. The molecule has 3 rings (SSSR count). The molecule has 2 aromatic rings. The standard InChI is InChI=1S/C17H16FN3/c18-16-8-12(10-19)3-4-14(16)11-21-7-1-2-13-9-15(20)5-6-17(13)21/h3-6,8-9H,1-2,7,11,20H2. The Morgan fingerprint density at radius 3 is 2.86 bits per heavy atom. The number of hydrogen-bond donors (Lipinski definition) is 1. The van der Waals surface area contributed by atoms with Gasteiger partial charge in [-0.3, -0.25) is 0 Å². The van der Waals surface area contributed by atoms with Crippen molar-refractivity contribution in [3.63, 3.8) is 0 Å². The molecule has 106 valence electrons. The van der Waals surface area contributed by atoms with Crippen molar-refractivity contribution in [3.05, 3.63) is 58.9 Å². The van der Waals surface area contributed by atoms with Crippen LogP contribution in [-0.4, -0.2) is 6.54 Å². The third-order valence-corrected chi connectivity index (χ3v) is 3.86. The summed E-state index contributed by atoms with van der Waals surface area (Å²) in [6.45, 7) is 1.41. The van der Waals surface area contributed by atoms with E-state index in [4.69, 9.17) is 11.0 Å². The molecule has 2 N–H and O–H groups in total. The molecule has 1 heterocycles. The van der Waals surface area contributed by atoms with E-state index in [2.05, 4.69) is 4.90 Å². The molecule has 0 aliphatic carbocycles. The number of hydrogen-bond acceptors (Lipinski definition) is 3. The lowest BCUT2D eigenvalue weighted by molar-refractivity contribution is 0.597. The first-order valence-corrected chi connectivity index (χ1v) is 6.99. The molecule has 0 fully saturated rings. The fraction of sp³-hybridized carbons (Fsp3) is 0.235. The molecule has 1 aliphatic rings. The fourth-order valence-electron chi connectivity index (χ4n) is 2.81. The molecule has 2 aromatic carbocycles. The quantitative estimate of drug-likeness (QED) is 0.860. The molecule has 0 amide bonds. The minimum absolute atomic E-state index is 0.323. The summed E-state index contributed by atoms with van der Waals surface area (Å²) in [5.41, 5.74) is 9.89. The topological polar surface area (TPSA) is 53.0 Å². The zero-order chi connectivity index (χ0) is 14.8. The summed E-state index contributed by atoms with van der Waals surface area (Å²) >= 11 is 0. The first-order valence-electron chi connectivity index (χ1n) is 6.99. The number of halogens is 1. The molecule has 0 radical (unpaired) electrons. The van der Waals surface area contributed by atoms with E-state index in [1.165, 1.54) is 11.6 Å². The molecule has 0 bridgehead atoms. The van der Waals surface area contributed by atoms with E-state index >= 15 is 0 Å². The SMILES string of the molecule is N#Cc1ccc(CN2CCCc3cc(N)ccc32)c(F)c1. The highest BCUT2D eigenvalue weighted by atomic mass is 19.1. The van der Waals surface area contributed by atoms with Gasteiger partial charge in [-0.15, -0.1) is 0 Å². The van der Waals surface area contributed by atoms with Gasteiger partial charge in [-0.2, -0.15) is 5.26 Å². The molecule has 21 heavy (non-hydrogen) atoms. The third kappa shape index (κ3) is 2.68. The normalized spacial score (nSPS) is 13.6. The van der Waals surface area contributed by atoms with Crippen LogP contribution in [0.5, 0.6) is 0 Å². The first kappa shape index (κ1) is 13.4. The number of fused-ring (bicyclic) bond motifs is 1. The predicted molar refractivity (Wildman–Crippen MR) is 81.3 cm³/mol. The van der Waals surface area contributed by atoms with E-state index in [-0.39, 0.29) is 5.82 Å². The highest BCUT2D eigenvalue weighted by molar-refractivity contribution is 5.61. The lowest BCUT2D eigenvalue weighted by atomic mass is 10.00. The highest BCUT2D eigenvalue weighted by Gasteiger charge is 2.18. The number of rotatable bonds is 2. The summed E-state index contributed by atoms with van der Waals surface area (Å²) in [6, 6.07) is 12.5. The van der Waals surface area contributed by atoms with Gasteiger partial charge in [0.2, 0.25) is 0 Å². The molecule has 4 heteroatoms. The summed E-state index contributed by atoms with van der Waals surface area (Å²) in [7, 11) is 0. The van der Waals surface area contributed by atoms with Gasteiger partial charge in [0.15, 0.2) is 0 Å². The second kappa shape index (κ2) is 5.45. The van der Waals surface area contributed by atoms with Gasteiger partial charge >= 0.3 is 0 Å². The number of nitrogens with zero attached hydrogens (tertiary/aromatic N) is 2. The van der Waals surface area contributed by atoms with Gasteiger partial charge in [0.1, 0.15) is 5.82 Å². The van der Waals surface area contributed by atoms with Crippen LogP contribution in [0.2, 0.25) is 0 Å². The number of benzene rings is 2.